The third kappa shape index (κ3) is 1.76. The molecule has 84 valence electrons. The maximum atomic E-state index is 5.58. The van der Waals surface area contributed by atoms with Crippen LogP contribution >= 0.6 is 15.9 Å². The molecule has 3 aromatic rings. The monoisotopic (exact) mass is 289 g/mol. The van der Waals surface area contributed by atoms with Gasteiger partial charge in [-0.1, -0.05) is 6.07 Å². The van der Waals surface area contributed by atoms with E-state index >= 15 is 0 Å². The van der Waals surface area contributed by atoms with Gasteiger partial charge in [-0.2, -0.15) is 0 Å². The van der Waals surface area contributed by atoms with Gasteiger partial charge in [0.15, 0.2) is 0 Å². The van der Waals surface area contributed by atoms with Crippen LogP contribution < -0.4 is 5.73 Å². The molecule has 0 aliphatic rings. The van der Waals surface area contributed by atoms with Gasteiger partial charge in [0, 0.05) is 18.6 Å². The number of nitrogens with two attached hydrogens (primary N) is 1. The van der Waals surface area contributed by atoms with Crippen LogP contribution in [0.2, 0.25) is 0 Å². The molecular weight excluding hydrogens is 282 g/mol. The van der Waals surface area contributed by atoms with Gasteiger partial charge in [0.25, 0.3) is 0 Å². The molecule has 0 fully saturated rings. The van der Waals surface area contributed by atoms with E-state index in [-0.39, 0.29) is 5.95 Å². The normalized spacial score (nSPS) is 10.9. The van der Waals surface area contributed by atoms with Crippen molar-refractivity contribution >= 4 is 27.5 Å². The number of rotatable bonds is 1. The summed E-state index contributed by atoms with van der Waals surface area (Å²) in [7, 11) is 0. The Kier molecular flexibility index (Phi) is 2.29. The quantitative estimate of drug-likeness (QED) is 0.745. The van der Waals surface area contributed by atoms with Crippen molar-refractivity contribution < 1.29 is 0 Å². The van der Waals surface area contributed by atoms with E-state index in [0.717, 1.165) is 15.8 Å². The number of imidazole rings is 1. The summed E-state index contributed by atoms with van der Waals surface area (Å²) in [5, 5.41) is 0. The first-order valence-corrected chi connectivity index (χ1v) is 5.75. The second kappa shape index (κ2) is 3.81. The van der Waals surface area contributed by atoms with Gasteiger partial charge in [0.1, 0.15) is 17.0 Å². The minimum absolute atomic E-state index is 0.236. The van der Waals surface area contributed by atoms with Crippen molar-refractivity contribution in [1.82, 2.24) is 19.4 Å². The molecule has 0 radical (unpaired) electrons. The zero-order valence-corrected chi connectivity index (χ0v) is 10.3. The first-order valence-electron chi connectivity index (χ1n) is 4.96. The molecule has 0 aliphatic carbocycles. The SMILES string of the molecule is Nc1ncc(Br)c(-c2cn3ccccc3n2)n1. The molecule has 17 heavy (non-hydrogen) atoms. The van der Waals surface area contributed by atoms with Crippen molar-refractivity contribution in [2.24, 2.45) is 0 Å². The van der Waals surface area contributed by atoms with E-state index in [0.29, 0.717) is 5.69 Å². The van der Waals surface area contributed by atoms with Crippen LogP contribution in [-0.4, -0.2) is 19.4 Å². The Morgan fingerprint density at radius 2 is 2.12 bits per heavy atom. The zero-order valence-electron chi connectivity index (χ0n) is 8.71. The lowest BCUT2D eigenvalue weighted by Gasteiger charge is -1.99. The Morgan fingerprint density at radius 1 is 1.24 bits per heavy atom. The minimum Gasteiger partial charge on any atom is -0.368 e. The van der Waals surface area contributed by atoms with Gasteiger partial charge in [-0.05, 0) is 28.1 Å². The molecule has 5 nitrogen and oxygen atoms in total. The Hall–Kier alpha value is -1.95. The lowest BCUT2D eigenvalue weighted by Crippen LogP contribution is -1.96. The van der Waals surface area contributed by atoms with Crippen molar-refractivity contribution in [1.29, 1.82) is 0 Å². The van der Waals surface area contributed by atoms with Crippen molar-refractivity contribution in [3.63, 3.8) is 0 Å². The van der Waals surface area contributed by atoms with Crippen LogP contribution in [-0.2, 0) is 0 Å². The largest absolute Gasteiger partial charge is 0.368 e. The summed E-state index contributed by atoms with van der Waals surface area (Å²) in [6.07, 6.45) is 5.47. The summed E-state index contributed by atoms with van der Waals surface area (Å²) in [4.78, 5) is 12.6. The van der Waals surface area contributed by atoms with Gasteiger partial charge in [0.2, 0.25) is 5.95 Å². The van der Waals surface area contributed by atoms with E-state index in [1.165, 1.54) is 0 Å². The highest BCUT2D eigenvalue weighted by Crippen LogP contribution is 2.25. The Labute approximate surface area is 105 Å². The number of hydrogen-bond acceptors (Lipinski definition) is 4. The highest BCUT2D eigenvalue weighted by atomic mass is 79.9. The molecule has 3 aromatic heterocycles. The minimum atomic E-state index is 0.236. The molecular formula is C11H8BrN5. The zero-order chi connectivity index (χ0) is 11.8. The van der Waals surface area contributed by atoms with E-state index in [1.807, 2.05) is 35.0 Å². The van der Waals surface area contributed by atoms with Crippen LogP contribution in [0.15, 0.2) is 41.3 Å². The van der Waals surface area contributed by atoms with Gasteiger partial charge >= 0.3 is 0 Å². The molecule has 0 saturated heterocycles. The number of pyridine rings is 1. The molecule has 0 saturated carbocycles. The highest BCUT2D eigenvalue weighted by Gasteiger charge is 2.10. The van der Waals surface area contributed by atoms with Crippen molar-refractivity contribution in [3.05, 3.63) is 41.3 Å². The maximum absolute atomic E-state index is 5.58. The summed E-state index contributed by atoms with van der Waals surface area (Å²) < 4.78 is 2.70. The summed E-state index contributed by atoms with van der Waals surface area (Å²) in [6, 6.07) is 5.82. The highest BCUT2D eigenvalue weighted by molar-refractivity contribution is 9.10. The molecule has 0 amide bonds. The van der Waals surface area contributed by atoms with E-state index in [9.17, 15) is 0 Å². The number of aromatic nitrogens is 4. The molecule has 0 spiro atoms. The van der Waals surface area contributed by atoms with Crippen molar-refractivity contribution in [2.75, 3.05) is 5.73 Å². The van der Waals surface area contributed by atoms with Crippen LogP contribution in [0, 0.1) is 0 Å². The topological polar surface area (TPSA) is 69.1 Å². The number of anilines is 1. The predicted octanol–water partition coefficient (Wildman–Crippen LogP) is 2.14. The molecule has 3 heterocycles. The first-order chi connectivity index (χ1) is 8.24. The first kappa shape index (κ1) is 10.2. The van der Waals surface area contributed by atoms with Gasteiger partial charge in [-0.3, -0.25) is 0 Å². The maximum Gasteiger partial charge on any atom is 0.220 e. The summed E-state index contributed by atoms with van der Waals surface area (Å²) in [5.41, 5.74) is 7.91. The molecule has 2 N–H and O–H groups in total. The Morgan fingerprint density at radius 3 is 2.94 bits per heavy atom. The Bertz CT molecular complexity index is 658. The number of fused-ring (bicyclic) bond motifs is 1. The molecule has 3 rings (SSSR count). The molecule has 0 bridgehead atoms. The molecule has 0 unspecified atom stereocenters. The molecule has 6 heteroatoms. The Balaban J connectivity index is 2.23. The fourth-order valence-electron chi connectivity index (χ4n) is 1.61. The van der Waals surface area contributed by atoms with Crippen LogP contribution in [0.5, 0.6) is 0 Å². The smallest absolute Gasteiger partial charge is 0.220 e. The van der Waals surface area contributed by atoms with E-state index in [2.05, 4.69) is 30.9 Å². The average Bonchev–Trinajstić information content (AvgIpc) is 2.75. The second-order valence-corrected chi connectivity index (χ2v) is 4.37. The number of hydrogen-bond donors (Lipinski definition) is 1. The third-order valence-corrected chi connectivity index (χ3v) is 2.95. The lowest BCUT2D eigenvalue weighted by molar-refractivity contribution is 1.16. The summed E-state index contributed by atoms with van der Waals surface area (Å²) in [6.45, 7) is 0. The number of nitrogen functional groups attached to an aromatic ring is 1. The van der Waals surface area contributed by atoms with Crippen LogP contribution in [0.1, 0.15) is 0 Å². The molecule has 0 aliphatic heterocycles. The van der Waals surface area contributed by atoms with Crippen LogP contribution in [0.25, 0.3) is 17.0 Å². The van der Waals surface area contributed by atoms with Gasteiger partial charge in [0.05, 0.1) is 4.47 Å². The van der Waals surface area contributed by atoms with Crippen molar-refractivity contribution in [2.45, 2.75) is 0 Å². The summed E-state index contributed by atoms with van der Waals surface area (Å²) in [5.74, 6) is 0.236. The van der Waals surface area contributed by atoms with E-state index in [4.69, 9.17) is 5.73 Å². The fourth-order valence-corrected chi connectivity index (χ4v) is 2.00. The van der Waals surface area contributed by atoms with Gasteiger partial charge < -0.3 is 10.1 Å². The summed E-state index contributed by atoms with van der Waals surface area (Å²) >= 11 is 3.39. The van der Waals surface area contributed by atoms with Crippen molar-refractivity contribution in [3.8, 4) is 11.4 Å². The molecule has 0 atom stereocenters. The average molecular weight is 290 g/mol. The van der Waals surface area contributed by atoms with E-state index < -0.39 is 0 Å². The lowest BCUT2D eigenvalue weighted by atomic mass is 10.3. The molecule has 0 aromatic carbocycles. The predicted molar refractivity (Wildman–Crippen MR) is 68.3 cm³/mol. The number of halogens is 1. The van der Waals surface area contributed by atoms with Crippen LogP contribution in [0.3, 0.4) is 0 Å². The third-order valence-electron chi connectivity index (χ3n) is 2.37. The van der Waals surface area contributed by atoms with Crippen LogP contribution in [0.4, 0.5) is 5.95 Å². The second-order valence-electron chi connectivity index (χ2n) is 3.52. The van der Waals surface area contributed by atoms with Gasteiger partial charge in [-0.15, -0.1) is 0 Å². The fraction of sp³-hybridized carbons (Fsp3) is 0. The number of nitrogens with zero attached hydrogens (tertiary/aromatic N) is 4. The van der Waals surface area contributed by atoms with Gasteiger partial charge in [-0.25, -0.2) is 15.0 Å². The standard InChI is InChI=1S/C11H8BrN5/c12-7-5-14-11(13)16-10(7)8-6-17-4-2-1-3-9(17)15-8/h1-6H,(H2,13,14,16). The van der Waals surface area contributed by atoms with E-state index in [1.54, 1.807) is 6.20 Å².